The summed E-state index contributed by atoms with van der Waals surface area (Å²) in [5.74, 6) is -0.732. The fraction of sp³-hybridized carbons (Fsp3) is 0.0588. The predicted molar refractivity (Wildman–Crippen MR) is 99.5 cm³/mol. The zero-order chi connectivity index (χ0) is 17.7. The number of ether oxygens (including phenoxy) is 1. The highest BCUT2D eigenvalue weighted by Crippen LogP contribution is 2.33. The average Bonchev–Trinajstić information content (AvgIpc) is 2.53. The molecule has 2 N–H and O–H groups in total. The Morgan fingerprint density at radius 3 is 2.42 bits per heavy atom. The Morgan fingerprint density at radius 2 is 1.83 bits per heavy atom. The number of hydrogen-bond donors (Lipinski definition) is 2. The minimum Gasteiger partial charge on any atom is -0.495 e. The SMILES string of the molecule is COc1c(Br)cc(Br)cc1/C=C/C(=O)Nc1ccc(C(=O)O)cc1. The minimum atomic E-state index is -1.01. The van der Waals surface area contributed by atoms with Crippen LogP contribution in [0.4, 0.5) is 5.69 Å². The largest absolute Gasteiger partial charge is 0.495 e. The van der Waals surface area contributed by atoms with E-state index in [1.54, 1.807) is 13.2 Å². The highest BCUT2D eigenvalue weighted by atomic mass is 79.9. The molecule has 124 valence electrons. The van der Waals surface area contributed by atoms with Crippen molar-refractivity contribution in [1.29, 1.82) is 0 Å². The zero-order valence-electron chi connectivity index (χ0n) is 12.5. The normalized spacial score (nSPS) is 10.6. The minimum absolute atomic E-state index is 0.160. The van der Waals surface area contributed by atoms with Crippen molar-refractivity contribution >= 4 is 55.5 Å². The van der Waals surface area contributed by atoms with Gasteiger partial charge in [-0.15, -0.1) is 0 Å². The van der Waals surface area contributed by atoms with Crippen molar-refractivity contribution in [2.45, 2.75) is 0 Å². The van der Waals surface area contributed by atoms with Crippen molar-refractivity contribution in [3.05, 3.63) is 62.5 Å². The molecule has 2 rings (SSSR count). The Hall–Kier alpha value is -2.12. The van der Waals surface area contributed by atoms with Gasteiger partial charge in [-0.1, -0.05) is 15.9 Å². The average molecular weight is 455 g/mol. The van der Waals surface area contributed by atoms with Gasteiger partial charge in [0, 0.05) is 21.8 Å². The first kappa shape index (κ1) is 18.2. The van der Waals surface area contributed by atoms with E-state index < -0.39 is 5.97 Å². The first-order valence-corrected chi connectivity index (χ1v) is 8.34. The molecular formula is C17H13Br2NO4. The van der Waals surface area contributed by atoms with E-state index in [9.17, 15) is 9.59 Å². The number of benzene rings is 2. The van der Waals surface area contributed by atoms with Crippen LogP contribution in [0.15, 0.2) is 51.4 Å². The molecule has 0 unspecified atom stereocenters. The second-order valence-corrected chi connectivity index (χ2v) is 6.49. The molecule has 0 spiro atoms. The van der Waals surface area contributed by atoms with Crippen LogP contribution >= 0.6 is 31.9 Å². The topological polar surface area (TPSA) is 75.6 Å². The number of carbonyl (C=O) groups is 2. The fourth-order valence-corrected chi connectivity index (χ4v) is 3.39. The van der Waals surface area contributed by atoms with Crippen LogP contribution in [-0.2, 0) is 4.79 Å². The lowest BCUT2D eigenvalue weighted by molar-refractivity contribution is -0.111. The van der Waals surface area contributed by atoms with E-state index in [1.165, 1.54) is 30.3 Å². The Morgan fingerprint density at radius 1 is 1.17 bits per heavy atom. The van der Waals surface area contributed by atoms with Crippen LogP contribution in [0.25, 0.3) is 6.08 Å². The molecular weight excluding hydrogens is 442 g/mol. The summed E-state index contributed by atoms with van der Waals surface area (Å²) < 4.78 is 6.93. The third-order valence-corrected chi connectivity index (χ3v) is 4.10. The molecule has 0 aliphatic carbocycles. The van der Waals surface area contributed by atoms with Gasteiger partial charge in [0.1, 0.15) is 5.75 Å². The molecule has 24 heavy (non-hydrogen) atoms. The van der Waals surface area contributed by atoms with Crippen LogP contribution in [0.3, 0.4) is 0 Å². The van der Waals surface area contributed by atoms with Crippen LogP contribution in [-0.4, -0.2) is 24.1 Å². The molecule has 0 aliphatic heterocycles. The zero-order valence-corrected chi connectivity index (χ0v) is 15.7. The maximum absolute atomic E-state index is 12.0. The Bertz CT molecular complexity index is 801. The number of aromatic carboxylic acids is 1. The summed E-state index contributed by atoms with van der Waals surface area (Å²) in [6, 6.07) is 9.60. The van der Waals surface area contributed by atoms with E-state index in [2.05, 4.69) is 37.2 Å². The first-order chi connectivity index (χ1) is 11.4. The number of amides is 1. The van der Waals surface area contributed by atoms with Crippen LogP contribution < -0.4 is 10.1 Å². The molecule has 0 aliphatic rings. The number of hydrogen-bond acceptors (Lipinski definition) is 3. The summed E-state index contributed by atoms with van der Waals surface area (Å²) in [6.07, 6.45) is 3.01. The molecule has 0 aromatic heterocycles. The summed E-state index contributed by atoms with van der Waals surface area (Å²) in [7, 11) is 1.55. The van der Waals surface area contributed by atoms with E-state index in [-0.39, 0.29) is 11.5 Å². The van der Waals surface area contributed by atoms with Gasteiger partial charge in [-0.3, -0.25) is 4.79 Å². The van der Waals surface area contributed by atoms with Gasteiger partial charge < -0.3 is 15.2 Å². The molecule has 0 fully saturated rings. The second kappa shape index (κ2) is 8.12. The predicted octanol–water partition coefficient (Wildman–Crippen LogP) is 4.57. The number of methoxy groups -OCH3 is 1. The Balaban J connectivity index is 2.12. The smallest absolute Gasteiger partial charge is 0.335 e. The summed E-state index contributed by atoms with van der Waals surface area (Å²) in [4.78, 5) is 22.8. The second-order valence-electron chi connectivity index (χ2n) is 4.72. The summed E-state index contributed by atoms with van der Waals surface area (Å²) in [5, 5.41) is 11.5. The van der Waals surface area contributed by atoms with Crippen molar-refractivity contribution in [2.24, 2.45) is 0 Å². The van der Waals surface area contributed by atoms with Gasteiger partial charge in [-0.25, -0.2) is 4.79 Å². The van der Waals surface area contributed by atoms with E-state index in [4.69, 9.17) is 9.84 Å². The Labute approximate surface area is 155 Å². The molecule has 0 heterocycles. The molecule has 2 aromatic carbocycles. The fourth-order valence-electron chi connectivity index (χ4n) is 1.96. The number of carboxylic acid groups (broad SMARTS) is 1. The first-order valence-electron chi connectivity index (χ1n) is 6.76. The van der Waals surface area contributed by atoms with Gasteiger partial charge in [0.2, 0.25) is 5.91 Å². The van der Waals surface area contributed by atoms with Crippen molar-refractivity contribution in [3.63, 3.8) is 0 Å². The van der Waals surface area contributed by atoms with Gasteiger partial charge >= 0.3 is 5.97 Å². The van der Waals surface area contributed by atoms with E-state index in [0.717, 1.165) is 14.5 Å². The maximum Gasteiger partial charge on any atom is 0.335 e. The monoisotopic (exact) mass is 453 g/mol. The molecule has 0 bridgehead atoms. The van der Waals surface area contributed by atoms with Gasteiger partial charge in [-0.05, 0) is 58.4 Å². The molecule has 7 heteroatoms. The van der Waals surface area contributed by atoms with Gasteiger partial charge in [0.05, 0.1) is 17.1 Å². The van der Waals surface area contributed by atoms with E-state index in [0.29, 0.717) is 11.4 Å². The van der Waals surface area contributed by atoms with Crippen LogP contribution in [0.2, 0.25) is 0 Å². The molecule has 0 saturated carbocycles. The molecule has 2 aromatic rings. The lowest BCUT2D eigenvalue weighted by Crippen LogP contribution is -2.08. The molecule has 5 nitrogen and oxygen atoms in total. The van der Waals surface area contributed by atoms with Gasteiger partial charge in [0.25, 0.3) is 0 Å². The lowest BCUT2D eigenvalue weighted by atomic mass is 10.2. The number of nitrogens with one attached hydrogen (secondary N) is 1. The summed E-state index contributed by atoms with van der Waals surface area (Å²) >= 11 is 6.79. The van der Waals surface area contributed by atoms with Crippen LogP contribution in [0.1, 0.15) is 15.9 Å². The third kappa shape index (κ3) is 4.69. The van der Waals surface area contributed by atoms with E-state index >= 15 is 0 Å². The number of halogens is 2. The molecule has 0 radical (unpaired) electrons. The quantitative estimate of drug-likeness (QED) is 0.649. The van der Waals surface area contributed by atoms with Crippen molar-refractivity contribution in [2.75, 3.05) is 12.4 Å². The number of anilines is 1. The summed E-state index contributed by atoms with van der Waals surface area (Å²) in [6.45, 7) is 0. The van der Waals surface area contributed by atoms with Gasteiger partial charge in [0.15, 0.2) is 0 Å². The molecule has 0 atom stereocenters. The number of carboxylic acids is 1. The van der Waals surface area contributed by atoms with Crippen molar-refractivity contribution < 1.29 is 19.4 Å². The highest BCUT2D eigenvalue weighted by molar-refractivity contribution is 9.11. The molecule has 1 amide bonds. The van der Waals surface area contributed by atoms with Gasteiger partial charge in [-0.2, -0.15) is 0 Å². The maximum atomic E-state index is 12.0. The Kier molecular flexibility index (Phi) is 6.16. The van der Waals surface area contributed by atoms with Crippen LogP contribution in [0.5, 0.6) is 5.75 Å². The molecule has 0 saturated heterocycles. The third-order valence-electron chi connectivity index (χ3n) is 3.05. The van der Waals surface area contributed by atoms with Crippen molar-refractivity contribution in [3.8, 4) is 5.75 Å². The summed E-state index contributed by atoms with van der Waals surface area (Å²) in [5.41, 5.74) is 1.40. The number of rotatable bonds is 5. The lowest BCUT2D eigenvalue weighted by Gasteiger charge is -2.08. The number of carbonyl (C=O) groups excluding carboxylic acids is 1. The highest BCUT2D eigenvalue weighted by Gasteiger charge is 2.08. The standard InChI is InChI=1S/C17H13Br2NO4/c1-24-16-11(8-12(18)9-14(16)19)4-7-15(21)20-13-5-2-10(3-6-13)17(22)23/h2-9H,1H3,(H,20,21)(H,22,23)/b7-4+. The van der Waals surface area contributed by atoms with Crippen LogP contribution in [0, 0.1) is 0 Å². The van der Waals surface area contributed by atoms with Crippen molar-refractivity contribution in [1.82, 2.24) is 0 Å². The van der Waals surface area contributed by atoms with E-state index in [1.807, 2.05) is 12.1 Å².